The number of hydrogen-bond donors (Lipinski definition) is 1. The van der Waals surface area contributed by atoms with Crippen molar-refractivity contribution in [3.63, 3.8) is 0 Å². The zero-order valence-electron chi connectivity index (χ0n) is 23.7. The lowest BCUT2D eigenvalue weighted by Crippen LogP contribution is -2.43. The Morgan fingerprint density at radius 2 is 1.75 bits per heavy atom. The molecule has 1 saturated carbocycles. The molecule has 0 aromatic heterocycles. The van der Waals surface area contributed by atoms with Gasteiger partial charge < -0.3 is 14.6 Å². The molecule has 1 aliphatic carbocycles. The molecule has 3 aromatic rings. The molecule has 1 saturated heterocycles. The summed E-state index contributed by atoms with van der Waals surface area (Å²) in [5.74, 6) is 0.795. The topological polar surface area (TPSA) is 59.0 Å². The Bertz CT molecular complexity index is 1330. The van der Waals surface area contributed by atoms with Gasteiger partial charge in [-0.25, -0.2) is 4.39 Å². The smallest absolute Gasteiger partial charge is 0.303 e. The molecule has 0 spiro atoms. The van der Waals surface area contributed by atoms with Crippen LogP contribution in [0.4, 0.5) is 4.39 Å². The van der Waals surface area contributed by atoms with E-state index < -0.39 is 5.97 Å². The molecule has 6 heteroatoms. The van der Waals surface area contributed by atoms with Crippen LogP contribution in [0.15, 0.2) is 60.7 Å². The van der Waals surface area contributed by atoms with Gasteiger partial charge in [-0.3, -0.25) is 9.69 Å². The molecule has 2 fully saturated rings. The fourth-order valence-corrected chi connectivity index (χ4v) is 6.20. The number of piperidine rings is 1. The van der Waals surface area contributed by atoms with Crippen molar-refractivity contribution in [3.8, 4) is 22.6 Å². The van der Waals surface area contributed by atoms with Crippen LogP contribution in [0.1, 0.15) is 75.0 Å². The second kappa shape index (κ2) is 12.4. The van der Waals surface area contributed by atoms with E-state index in [1.54, 1.807) is 19.2 Å². The summed E-state index contributed by atoms with van der Waals surface area (Å²) in [4.78, 5) is 14.0. The van der Waals surface area contributed by atoms with E-state index in [0.29, 0.717) is 35.9 Å². The zero-order chi connectivity index (χ0) is 28.2. The minimum atomic E-state index is -0.763. The lowest BCUT2D eigenvalue weighted by atomic mass is 9.91. The van der Waals surface area contributed by atoms with Crippen molar-refractivity contribution in [2.24, 2.45) is 5.92 Å². The lowest BCUT2D eigenvalue weighted by molar-refractivity contribution is -0.137. The second-order valence-electron chi connectivity index (χ2n) is 11.5. The molecular formula is C34H40FNO4. The molecule has 0 unspecified atom stereocenters. The molecule has 0 bridgehead atoms. The molecule has 3 aromatic carbocycles. The molecule has 3 atom stereocenters. The maximum absolute atomic E-state index is 15.1. The Balaban J connectivity index is 1.41. The Kier molecular flexibility index (Phi) is 8.75. The summed E-state index contributed by atoms with van der Waals surface area (Å²) in [6.07, 6.45) is 5.87. The van der Waals surface area contributed by atoms with E-state index in [2.05, 4.69) is 24.8 Å². The summed E-state index contributed by atoms with van der Waals surface area (Å²) < 4.78 is 26.7. The second-order valence-corrected chi connectivity index (χ2v) is 11.5. The molecular weight excluding hydrogens is 505 g/mol. The zero-order valence-corrected chi connectivity index (χ0v) is 23.7. The number of benzene rings is 3. The van der Waals surface area contributed by atoms with Crippen LogP contribution in [0.25, 0.3) is 11.1 Å². The highest BCUT2D eigenvalue weighted by Crippen LogP contribution is 2.45. The van der Waals surface area contributed by atoms with Crippen molar-refractivity contribution < 1.29 is 23.8 Å². The summed E-state index contributed by atoms with van der Waals surface area (Å²) in [5, 5.41) is 9.41. The average molecular weight is 546 g/mol. The Labute approximate surface area is 236 Å². The highest BCUT2D eigenvalue weighted by Gasteiger charge is 2.34. The third kappa shape index (κ3) is 6.67. The average Bonchev–Trinajstić information content (AvgIpc) is 3.79. The molecule has 5 rings (SSSR count). The van der Waals surface area contributed by atoms with Gasteiger partial charge in [0, 0.05) is 24.2 Å². The maximum atomic E-state index is 15.1. The first-order valence-electron chi connectivity index (χ1n) is 14.5. The summed E-state index contributed by atoms with van der Waals surface area (Å²) >= 11 is 0. The van der Waals surface area contributed by atoms with Gasteiger partial charge in [0.05, 0.1) is 13.5 Å². The molecule has 2 aliphatic rings. The van der Waals surface area contributed by atoms with Gasteiger partial charge in [0.2, 0.25) is 0 Å². The summed E-state index contributed by atoms with van der Waals surface area (Å²) in [7, 11) is 1.60. The minimum Gasteiger partial charge on any atom is -0.497 e. The van der Waals surface area contributed by atoms with Gasteiger partial charge in [0.25, 0.3) is 0 Å². The maximum Gasteiger partial charge on any atom is 0.303 e. The fraction of sp³-hybridized carbons (Fsp3) is 0.441. The molecule has 1 aliphatic heterocycles. The molecule has 5 nitrogen and oxygen atoms in total. The lowest BCUT2D eigenvalue weighted by Gasteiger charge is -2.39. The van der Waals surface area contributed by atoms with Crippen LogP contribution in [0, 0.1) is 11.7 Å². The molecule has 1 heterocycles. The van der Waals surface area contributed by atoms with Gasteiger partial charge in [0.1, 0.15) is 23.9 Å². The first kappa shape index (κ1) is 28.2. The SMILES string of the molecule is COc1ccc(F)c(-c2ccc(COc3cccc([C@H](CC(=O)O)C4CC4)c3)cc2CN2[C@H](C)CCC[C@@H]2C)c1. The normalized spacial score (nSPS) is 20.2. The molecule has 212 valence electrons. The number of methoxy groups -OCH3 is 1. The van der Waals surface area contributed by atoms with Crippen LogP contribution in [-0.2, 0) is 17.9 Å². The third-order valence-corrected chi connectivity index (χ3v) is 8.64. The number of aliphatic carboxylic acids is 1. The van der Waals surface area contributed by atoms with Crippen LogP contribution in [0.3, 0.4) is 0 Å². The highest BCUT2D eigenvalue weighted by molar-refractivity contribution is 5.70. The molecule has 1 N–H and O–H groups in total. The fourth-order valence-electron chi connectivity index (χ4n) is 6.20. The molecule has 0 radical (unpaired) electrons. The summed E-state index contributed by atoms with van der Waals surface area (Å²) in [6.45, 7) is 5.66. The predicted octanol–water partition coefficient (Wildman–Crippen LogP) is 7.81. The van der Waals surface area contributed by atoms with Crippen LogP contribution in [0.2, 0.25) is 0 Å². The number of carboxylic acid groups (broad SMARTS) is 1. The van der Waals surface area contributed by atoms with Crippen molar-refractivity contribution in [3.05, 3.63) is 83.2 Å². The number of carbonyl (C=O) groups is 1. The number of carboxylic acids is 1. The molecule has 0 amide bonds. The van der Waals surface area contributed by atoms with Gasteiger partial charge in [-0.15, -0.1) is 0 Å². The first-order chi connectivity index (χ1) is 19.3. The predicted molar refractivity (Wildman–Crippen MR) is 155 cm³/mol. The van der Waals surface area contributed by atoms with Gasteiger partial charge in [-0.1, -0.05) is 36.8 Å². The van der Waals surface area contributed by atoms with E-state index in [0.717, 1.165) is 60.2 Å². The van der Waals surface area contributed by atoms with Crippen molar-refractivity contribution in [2.45, 2.75) is 83.5 Å². The number of hydrogen-bond acceptors (Lipinski definition) is 4. The van der Waals surface area contributed by atoms with Crippen molar-refractivity contribution in [1.82, 2.24) is 4.90 Å². The number of rotatable bonds is 11. The van der Waals surface area contributed by atoms with Gasteiger partial charge in [-0.05, 0) is 104 Å². The van der Waals surface area contributed by atoms with E-state index in [9.17, 15) is 9.90 Å². The summed E-state index contributed by atoms with van der Waals surface area (Å²) in [5.41, 5.74) is 4.51. The van der Waals surface area contributed by atoms with E-state index in [1.165, 1.54) is 12.5 Å². The van der Waals surface area contributed by atoms with Gasteiger partial charge >= 0.3 is 5.97 Å². The Morgan fingerprint density at radius 3 is 2.45 bits per heavy atom. The minimum absolute atomic E-state index is 0.0261. The van der Waals surface area contributed by atoms with Crippen molar-refractivity contribution >= 4 is 5.97 Å². The van der Waals surface area contributed by atoms with Gasteiger partial charge in [0.15, 0.2) is 0 Å². The van der Waals surface area contributed by atoms with E-state index in [-0.39, 0.29) is 18.2 Å². The van der Waals surface area contributed by atoms with Crippen LogP contribution in [0.5, 0.6) is 11.5 Å². The quantitative estimate of drug-likeness (QED) is 0.266. The van der Waals surface area contributed by atoms with Crippen LogP contribution >= 0.6 is 0 Å². The third-order valence-electron chi connectivity index (χ3n) is 8.64. The first-order valence-corrected chi connectivity index (χ1v) is 14.5. The number of likely N-dealkylation sites (tertiary alicyclic amines) is 1. The molecule has 40 heavy (non-hydrogen) atoms. The number of halogens is 1. The Hall–Kier alpha value is -3.38. The standard InChI is InChI=1S/C34H40FNO4/c1-22-6-4-7-23(2)36(22)20-27-16-24(10-14-30(27)32-18-28(39-3)13-15-33(32)35)21-40-29-9-5-8-26(17-29)31(19-34(37)38)25-11-12-25/h5,8-10,13-18,22-23,25,31H,4,6-7,11-12,19-21H2,1-3H3,(H,37,38)/t22-,23+,31-/m1/s1. The van der Waals surface area contributed by atoms with Crippen LogP contribution in [-0.4, -0.2) is 35.2 Å². The van der Waals surface area contributed by atoms with Crippen molar-refractivity contribution in [1.29, 1.82) is 0 Å². The van der Waals surface area contributed by atoms with E-state index in [4.69, 9.17) is 9.47 Å². The number of nitrogens with zero attached hydrogens (tertiary/aromatic N) is 1. The Morgan fingerprint density at radius 1 is 0.975 bits per heavy atom. The monoisotopic (exact) mass is 545 g/mol. The van der Waals surface area contributed by atoms with E-state index in [1.807, 2.05) is 36.4 Å². The highest BCUT2D eigenvalue weighted by atomic mass is 19.1. The summed E-state index contributed by atoms with van der Waals surface area (Å²) in [6, 6.07) is 19.8. The number of ether oxygens (including phenoxy) is 2. The van der Waals surface area contributed by atoms with Gasteiger partial charge in [-0.2, -0.15) is 0 Å². The van der Waals surface area contributed by atoms with E-state index >= 15 is 4.39 Å². The largest absolute Gasteiger partial charge is 0.497 e. The van der Waals surface area contributed by atoms with Crippen LogP contribution < -0.4 is 9.47 Å². The van der Waals surface area contributed by atoms with Crippen molar-refractivity contribution in [2.75, 3.05) is 7.11 Å².